The molecule has 2 atom stereocenters. The van der Waals surface area contributed by atoms with E-state index in [1.807, 2.05) is 32.0 Å². The van der Waals surface area contributed by atoms with Crippen molar-refractivity contribution in [3.8, 4) is 5.75 Å². The lowest BCUT2D eigenvalue weighted by atomic mass is 10.2. The molecule has 0 saturated heterocycles. The summed E-state index contributed by atoms with van der Waals surface area (Å²) < 4.78 is 6.57. The number of hydrogen-bond donors (Lipinski definition) is 2. The van der Waals surface area contributed by atoms with Gasteiger partial charge in [-0.05, 0) is 44.0 Å². The summed E-state index contributed by atoms with van der Waals surface area (Å²) >= 11 is 3.41. The van der Waals surface area contributed by atoms with Gasteiger partial charge in [0, 0.05) is 17.1 Å². The monoisotopic (exact) mass is 328 g/mol. The Bertz CT molecular complexity index is 437. The first-order chi connectivity index (χ1) is 8.97. The topological polar surface area (TPSA) is 64.3 Å². The molecule has 1 rings (SSSR count). The average Bonchev–Trinajstić information content (AvgIpc) is 2.40. The Balaban J connectivity index is 2.66. The van der Waals surface area contributed by atoms with Gasteiger partial charge >= 0.3 is 0 Å². The number of rotatable bonds is 6. The van der Waals surface area contributed by atoms with E-state index in [0.29, 0.717) is 12.3 Å². The molecule has 4 nitrogen and oxygen atoms in total. The minimum absolute atomic E-state index is 0.105. The molecule has 1 aromatic rings. The van der Waals surface area contributed by atoms with Crippen LogP contribution in [0.4, 0.5) is 0 Å². The molecule has 0 fully saturated rings. The first kappa shape index (κ1) is 16.0. The van der Waals surface area contributed by atoms with Crippen molar-refractivity contribution < 1.29 is 9.53 Å². The number of carbonyl (C=O) groups excluding carboxylic acids is 1. The molecule has 0 aliphatic rings. The Morgan fingerprint density at radius 1 is 1.47 bits per heavy atom. The third-order valence-electron chi connectivity index (χ3n) is 2.92. The Morgan fingerprint density at radius 2 is 2.16 bits per heavy atom. The van der Waals surface area contributed by atoms with Crippen LogP contribution >= 0.6 is 15.9 Å². The summed E-state index contributed by atoms with van der Waals surface area (Å²) in [6.45, 7) is 6.16. The van der Waals surface area contributed by atoms with Gasteiger partial charge in [0.2, 0.25) is 0 Å². The quantitative estimate of drug-likeness (QED) is 0.843. The minimum atomic E-state index is -0.527. The highest BCUT2D eigenvalue weighted by Gasteiger charge is 2.16. The maximum atomic E-state index is 11.9. The fourth-order valence-corrected chi connectivity index (χ4v) is 1.91. The summed E-state index contributed by atoms with van der Waals surface area (Å²) in [6, 6.07) is 5.69. The van der Waals surface area contributed by atoms with Gasteiger partial charge in [0.25, 0.3) is 5.91 Å². The second-order valence-corrected chi connectivity index (χ2v) is 5.39. The molecule has 0 saturated carbocycles. The molecule has 0 aliphatic heterocycles. The van der Waals surface area contributed by atoms with Crippen LogP contribution in [0.25, 0.3) is 0 Å². The zero-order valence-corrected chi connectivity index (χ0v) is 13.2. The van der Waals surface area contributed by atoms with Crippen molar-refractivity contribution in [1.29, 1.82) is 0 Å². The first-order valence-corrected chi connectivity index (χ1v) is 7.22. The molecule has 0 aromatic heterocycles. The van der Waals surface area contributed by atoms with E-state index in [9.17, 15) is 4.79 Å². The van der Waals surface area contributed by atoms with Crippen LogP contribution in [0.5, 0.6) is 5.75 Å². The summed E-state index contributed by atoms with van der Waals surface area (Å²) in [6.07, 6.45) is 0.370. The van der Waals surface area contributed by atoms with Crippen LogP contribution in [0.1, 0.15) is 32.8 Å². The normalized spacial score (nSPS) is 13.7. The lowest BCUT2D eigenvalue weighted by Crippen LogP contribution is -2.40. The van der Waals surface area contributed by atoms with E-state index in [4.69, 9.17) is 10.5 Å². The Hall–Kier alpha value is -1.07. The van der Waals surface area contributed by atoms with E-state index in [-0.39, 0.29) is 11.9 Å². The van der Waals surface area contributed by atoms with Crippen LogP contribution in [0, 0.1) is 0 Å². The lowest BCUT2D eigenvalue weighted by molar-refractivity contribution is -0.127. The van der Waals surface area contributed by atoms with Gasteiger partial charge in [0.1, 0.15) is 5.75 Å². The molecule has 3 N–H and O–H groups in total. The Labute approximate surface area is 122 Å². The number of halogens is 1. The smallest absolute Gasteiger partial charge is 0.260 e. The maximum absolute atomic E-state index is 11.9. The number of amides is 1. The van der Waals surface area contributed by atoms with Gasteiger partial charge in [-0.2, -0.15) is 0 Å². The van der Waals surface area contributed by atoms with Gasteiger partial charge in [-0.25, -0.2) is 0 Å². The third-order valence-corrected chi connectivity index (χ3v) is 3.69. The van der Waals surface area contributed by atoms with Crippen LogP contribution in [-0.2, 0) is 11.3 Å². The van der Waals surface area contributed by atoms with E-state index in [0.717, 1.165) is 16.5 Å². The number of hydrogen-bond acceptors (Lipinski definition) is 3. The average molecular weight is 329 g/mol. The highest BCUT2D eigenvalue weighted by atomic mass is 79.9. The maximum Gasteiger partial charge on any atom is 0.260 e. The van der Waals surface area contributed by atoms with E-state index in [1.165, 1.54) is 0 Å². The molecule has 0 aliphatic carbocycles. The second kappa shape index (κ2) is 7.50. The van der Waals surface area contributed by atoms with Crippen LogP contribution in [-0.4, -0.2) is 18.1 Å². The zero-order valence-electron chi connectivity index (χ0n) is 11.6. The summed E-state index contributed by atoms with van der Waals surface area (Å²) in [4.78, 5) is 11.9. The molecule has 0 spiro atoms. The fraction of sp³-hybridized carbons (Fsp3) is 0.500. The van der Waals surface area contributed by atoms with Gasteiger partial charge in [0.05, 0.1) is 0 Å². The third kappa shape index (κ3) is 4.84. The standard InChI is InChI=1S/C14H21BrN2O2/c1-4-9(2)17-14(18)10(3)19-12-5-6-13(15)11(7-12)8-16/h5-7,9-10H,4,8,16H2,1-3H3,(H,17,18). The molecule has 0 bridgehead atoms. The van der Waals surface area contributed by atoms with Gasteiger partial charge in [0.15, 0.2) is 6.10 Å². The molecule has 0 heterocycles. The number of benzene rings is 1. The molecule has 1 amide bonds. The van der Waals surface area contributed by atoms with Gasteiger partial charge < -0.3 is 15.8 Å². The second-order valence-electron chi connectivity index (χ2n) is 4.54. The minimum Gasteiger partial charge on any atom is -0.481 e. The zero-order chi connectivity index (χ0) is 14.4. The molecule has 19 heavy (non-hydrogen) atoms. The molecule has 106 valence electrons. The fourth-order valence-electron chi connectivity index (χ4n) is 1.50. The van der Waals surface area contributed by atoms with Crippen LogP contribution in [0.3, 0.4) is 0 Å². The summed E-state index contributed by atoms with van der Waals surface area (Å²) in [7, 11) is 0. The number of ether oxygens (including phenoxy) is 1. The molecule has 5 heteroatoms. The van der Waals surface area contributed by atoms with Crippen molar-refractivity contribution in [2.45, 2.75) is 45.9 Å². The summed E-state index contributed by atoms with van der Waals surface area (Å²) in [5.41, 5.74) is 6.58. The molecule has 0 radical (unpaired) electrons. The van der Waals surface area contributed by atoms with Crippen molar-refractivity contribution in [3.63, 3.8) is 0 Å². The van der Waals surface area contributed by atoms with E-state index >= 15 is 0 Å². The first-order valence-electron chi connectivity index (χ1n) is 6.43. The largest absolute Gasteiger partial charge is 0.481 e. The van der Waals surface area contributed by atoms with Crippen molar-refractivity contribution >= 4 is 21.8 Å². The molecular weight excluding hydrogens is 308 g/mol. The molecular formula is C14H21BrN2O2. The number of carbonyl (C=O) groups is 1. The van der Waals surface area contributed by atoms with Crippen LogP contribution < -0.4 is 15.8 Å². The highest BCUT2D eigenvalue weighted by molar-refractivity contribution is 9.10. The SMILES string of the molecule is CCC(C)NC(=O)C(C)Oc1ccc(Br)c(CN)c1. The van der Waals surface area contributed by atoms with Crippen molar-refractivity contribution in [1.82, 2.24) is 5.32 Å². The van der Waals surface area contributed by atoms with Gasteiger partial charge in [-0.3, -0.25) is 4.79 Å². The Morgan fingerprint density at radius 3 is 2.74 bits per heavy atom. The van der Waals surface area contributed by atoms with Crippen molar-refractivity contribution in [2.75, 3.05) is 0 Å². The van der Waals surface area contributed by atoms with Crippen LogP contribution in [0.2, 0.25) is 0 Å². The lowest BCUT2D eigenvalue weighted by Gasteiger charge is -2.18. The van der Waals surface area contributed by atoms with Crippen molar-refractivity contribution in [2.24, 2.45) is 5.73 Å². The van der Waals surface area contributed by atoms with E-state index in [2.05, 4.69) is 21.2 Å². The predicted molar refractivity (Wildman–Crippen MR) is 80.0 cm³/mol. The van der Waals surface area contributed by atoms with E-state index in [1.54, 1.807) is 6.92 Å². The number of nitrogens with two attached hydrogens (primary N) is 1. The van der Waals surface area contributed by atoms with Gasteiger partial charge in [-0.15, -0.1) is 0 Å². The van der Waals surface area contributed by atoms with Crippen LogP contribution in [0.15, 0.2) is 22.7 Å². The van der Waals surface area contributed by atoms with Crippen molar-refractivity contribution in [3.05, 3.63) is 28.2 Å². The van der Waals surface area contributed by atoms with E-state index < -0.39 is 6.10 Å². The van der Waals surface area contributed by atoms with Gasteiger partial charge in [-0.1, -0.05) is 22.9 Å². The Kier molecular flexibility index (Phi) is 6.31. The molecule has 2 unspecified atom stereocenters. The number of nitrogens with one attached hydrogen (secondary N) is 1. The summed E-state index contributed by atoms with van der Waals surface area (Å²) in [5.74, 6) is 0.544. The predicted octanol–water partition coefficient (Wildman–Crippen LogP) is 2.59. The highest BCUT2D eigenvalue weighted by Crippen LogP contribution is 2.23. The molecule has 1 aromatic carbocycles. The summed E-state index contributed by atoms with van der Waals surface area (Å²) in [5, 5.41) is 2.89.